The lowest BCUT2D eigenvalue weighted by atomic mass is 9.89. The van der Waals surface area contributed by atoms with E-state index >= 15 is 0 Å². The van der Waals surface area contributed by atoms with E-state index in [9.17, 15) is 23.9 Å². The van der Waals surface area contributed by atoms with Crippen LogP contribution in [-0.2, 0) is 26.4 Å². The van der Waals surface area contributed by atoms with Crippen LogP contribution in [0, 0.1) is 15.9 Å². The average molecular weight is 374 g/mol. The third kappa shape index (κ3) is 5.65. The van der Waals surface area contributed by atoms with Gasteiger partial charge in [-0.3, -0.25) is 14.9 Å². The van der Waals surface area contributed by atoms with Crippen molar-refractivity contribution in [3.8, 4) is 0 Å². The SMILES string of the molecule is CCOC(=O)C[C@](C)(N[S+]([O-])C(C)(C)C)c1cc([N+](=O)[O-])ccc1F. The van der Waals surface area contributed by atoms with Crippen LogP contribution < -0.4 is 4.72 Å². The van der Waals surface area contributed by atoms with Gasteiger partial charge in [0.15, 0.2) is 0 Å². The first-order valence-corrected chi connectivity index (χ1v) is 8.85. The lowest BCUT2D eigenvalue weighted by molar-refractivity contribution is -0.385. The van der Waals surface area contributed by atoms with Crippen molar-refractivity contribution < 1.29 is 23.4 Å². The standard InChI is InChI=1S/C16H23FN2O5S/c1-6-24-14(20)10-16(5,18-25(23)15(2,3)4)12-9-11(19(21)22)7-8-13(12)17/h7-9,18H,6,10H2,1-5H3/t16-,25?/m0/s1. The minimum atomic E-state index is -1.65. The quantitative estimate of drug-likeness (QED) is 0.340. The third-order valence-corrected chi connectivity index (χ3v) is 5.18. The Balaban J connectivity index is 3.37. The first-order chi connectivity index (χ1) is 11.4. The Bertz CT molecular complexity index is 650. The summed E-state index contributed by atoms with van der Waals surface area (Å²) in [7, 11) is 0. The van der Waals surface area contributed by atoms with Crippen LogP contribution >= 0.6 is 0 Å². The summed E-state index contributed by atoms with van der Waals surface area (Å²) in [4.78, 5) is 22.3. The molecule has 1 aromatic carbocycles. The maximum atomic E-state index is 14.4. The molecule has 0 bridgehead atoms. The van der Waals surface area contributed by atoms with Crippen molar-refractivity contribution in [2.24, 2.45) is 0 Å². The Morgan fingerprint density at radius 1 is 1.36 bits per heavy atom. The Hall–Kier alpha value is -1.71. The molecule has 0 radical (unpaired) electrons. The molecule has 7 nitrogen and oxygen atoms in total. The van der Waals surface area contributed by atoms with Crippen molar-refractivity contribution >= 4 is 23.0 Å². The van der Waals surface area contributed by atoms with Crippen LogP contribution in [0.1, 0.15) is 46.6 Å². The van der Waals surface area contributed by atoms with Crippen LogP contribution in [0.3, 0.4) is 0 Å². The molecule has 0 aromatic heterocycles. The molecule has 0 aliphatic heterocycles. The molecule has 1 rings (SSSR count). The zero-order chi connectivity index (χ0) is 19.4. The highest BCUT2D eigenvalue weighted by Gasteiger charge is 2.41. The first-order valence-electron chi connectivity index (χ1n) is 7.70. The van der Waals surface area contributed by atoms with E-state index in [0.717, 1.165) is 18.2 Å². The molecule has 140 valence electrons. The smallest absolute Gasteiger partial charge is 0.308 e. The molecule has 0 aliphatic rings. The molecule has 0 spiro atoms. The highest BCUT2D eigenvalue weighted by atomic mass is 32.2. The number of esters is 1. The van der Waals surface area contributed by atoms with Crippen LogP contribution in [0.5, 0.6) is 0 Å². The van der Waals surface area contributed by atoms with Gasteiger partial charge in [-0.1, -0.05) is 0 Å². The molecule has 2 atom stereocenters. The molecule has 0 heterocycles. The van der Waals surface area contributed by atoms with E-state index < -0.39 is 38.4 Å². The number of hydrogen-bond acceptors (Lipinski definition) is 6. The summed E-state index contributed by atoms with van der Waals surface area (Å²) in [5.41, 5.74) is -1.89. The number of rotatable bonds is 7. The van der Waals surface area contributed by atoms with E-state index in [1.807, 2.05) is 0 Å². The van der Waals surface area contributed by atoms with Gasteiger partial charge in [-0.2, -0.15) is 0 Å². The molecule has 0 aliphatic carbocycles. The largest absolute Gasteiger partial charge is 0.598 e. The van der Waals surface area contributed by atoms with Crippen LogP contribution in [0.4, 0.5) is 10.1 Å². The predicted molar refractivity (Wildman–Crippen MR) is 92.7 cm³/mol. The van der Waals surface area contributed by atoms with Crippen LogP contribution in [0.15, 0.2) is 18.2 Å². The van der Waals surface area contributed by atoms with Crippen molar-refractivity contribution in [3.63, 3.8) is 0 Å². The number of benzene rings is 1. The van der Waals surface area contributed by atoms with Gasteiger partial charge < -0.3 is 9.29 Å². The second-order valence-electron chi connectivity index (χ2n) is 6.72. The Morgan fingerprint density at radius 2 is 1.96 bits per heavy atom. The fourth-order valence-corrected chi connectivity index (χ4v) is 2.99. The maximum Gasteiger partial charge on any atom is 0.308 e. The predicted octanol–water partition coefficient (Wildman–Crippen LogP) is 2.95. The molecule has 1 unspecified atom stereocenters. The Morgan fingerprint density at radius 3 is 2.44 bits per heavy atom. The van der Waals surface area contributed by atoms with Crippen LogP contribution in [-0.4, -0.2) is 26.8 Å². The van der Waals surface area contributed by atoms with Crippen LogP contribution in [0.25, 0.3) is 0 Å². The van der Waals surface area contributed by atoms with Gasteiger partial charge in [0.2, 0.25) is 0 Å². The van der Waals surface area contributed by atoms with Gasteiger partial charge in [0.05, 0.1) is 23.5 Å². The minimum absolute atomic E-state index is 0.118. The number of hydrogen-bond donors (Lipinski definition) is 1. The third-order valence-electron chi connectivity index (χ3n) is 3.43. The molecule has 0 amide bonds. The number of carbonyl (C=O) groups excluding carboxylic acids is 1. The molecule has 0 saturated heterocycles. The molecule has 0 saturated carbocycles. The van der Waals surface area contributed by atoms with Gasteiger partial charge in [-0.25, -0.2) is 4.39 Å². The molecular formula is C16H23FN2O5S. The van der Waals surface area contributed by atoms with E-state index in [2.05, 4.69) is 4.72 Å². The second kappa shape index (κ2) is 8.11. The van der Waals surface area contributed by atoms with Gasteiger partial charge >= 0.3 is 5.97 Å². The number of nitrogens with zero attached hydrogens (tertiary/aromatic N) is 1. The van der Waals surface area contributed by atoms with Crippen molar-refractivity contribution in [2.75, 3.05) is 6.61 Å². The number of carbonyl (C=O) groups is 1. The van der Waals surface area contributed by atoms with Gasteiger partial charge in [-0.05, 0) is 40.7 Å². The molecule has 25 heavy (non-hydrogen) atoms. The molecule has 0 fully saturated rings. The number of nitrogens with one attached hydrogen (secondary N) is 1. The summed E-state index contributed by atoms with van der Waals surface area (Å²) in [5.74, 6) is -1.37. The number of nitro benzene ring substituents is 1. The molecule has 9 heteroatoms. The molecular weight excluding hydrogens is 351 g/mol. The fourth-order valence-electron chi connectivity index (χ4n) is 2.09. The van der Waals surface area contributed by atoms with E-state index in [4.69, 9.17) is 4.74 Å². The van der Waals surface area contributed by atoms with Crippen molar-refractivity contribution in [1.82, 2.24) is 4.72 Å². The van der Waals surface area contributed by atoms with Gasteiger partial charge in [0.25, 0.3) is 5.69 Å². The maximum absolute atomic E-state index is 14.4. The summed E-state index contributed by atoms with van der Waals surface area (Å²) in [6.45, 7) is 8.37. The highest BCUT2D eigenvalue weighted by molar-refractivity contribution is 7.90. The van der Waals surface area contributed by atoms with Gasteiger partial charge in [0.1, 0.15) is 10.6 Å². The molecule has 1 aromatic rings. The van der Waals surface area contributed by atoms with Gasteiger partial charge in [-0.15, -0.1) is 4.72 Å². The number of ether oxygens (including phenoxy) is 1. The van der Waals surface area contributed by atoms with Gasteiger partial charge in [0, 0.05) is 29.1 Å². The van der Waals surface area contributed by atoms with E-state index in [1.54, 1.807) is 27.7 Å². The lowest BCUT2D eigenvalue weighted by Gasteiger charge is -2.34. The number of non-ortho nitro benzene ring substituents is 1. The van der Waals surface area contributed by atoms with Crippen LogP contribution in [0.2, 0.25) is 0 Å². The minimum Gasteiger partial charge on any atom is -0.598 e. The zero-order valence-electron chi connectivity index (χ0n) is 14.9. The van der Waals surface area contributed by atoms with Crippen molar-refractivity contribution in [1.29, 1.82) is 0 Å². The van der Waals surface area contributed by atoms with Crippen molar-refractivity contribution in [3.05, 3.63) is 39.7 Å². The Kier molecular flexibility index (Phi) is 6.92. The first kappa shape index (κ1) is 21.3. The lowest BCUT2D eigenvalue weighted by Crippen LogP contribution is -2.51. The summed E-state index contributed by atoms with van der Waals surface area (Å²) >= 11 is -1.65. The summed E-state index contributed by atoms with van der Waals surface area (Å²) < 4.78 is 33.9. The summed E-state index contributed by atoms with van der Waals surface area (Å²) in [6.07, 6.45) is -0.333. The normalized spacial score (nSPS) is 15.3. The van der Waals surface area contributed by atoms with Crippen molar-refractivity contribution in [2.45, 2.75) is 51.3 Å². The highest BCUT2D eigenvalue weighted by Crippen LogP contribution is 2.33. The average Bonchev–Trinajstić information content (AvgIpc) is 2.46. The monoisotopic (exact) mass is 374 g/mol. The van der Waals surface area contributed by atoms with E-state index in [-0.39, 0.29) is 24.3 Å². The number of halogens is 1. The second-order valence-corrected chi connectivity index (χ2v) is 8.68. The zero-order valence-corrected chi connectivity index (χ0v) is 15.7. The molecule has 1 N–H and O–H groups in total. The number of nitro groups is 1. The Labute approximate surface area is 149 Å². The van der Waals surface area contributed by atoms with E-state index in [0.29, 0.717) is 0 Å². The summed E-state index contributed by atoms with van der Waals surface area (Å²) in [5, 5.41) is 11.0. The topological polar surface area (TPSA) is 105 Å². The summed E-state index contributed by atoms with van der Waals surface area (Å²) in [6, 6.07) is 3.03. The fraction of sp³-hybridized carbons (Fsp3) is 0.562. The van der Waals surface area contributed by atoms with E-state index in [1.165, 1.54) is 6.92 Å².